The first-order valence-corrected chi connectivity index (χ1v) is 5.90. The smallest absolute Gasteiger partial charge is 0.0647 e. The van der Waals surface area contributed by atoms with Gasteiger partial charge in [0.05, 0.1) is 11.7 Å². The van der Waals surface area contributed by atoms with Crippen LogP contribution in [-0.4, -0.2) is 9.78 Å². The Bertz CT molecular complexity index is 546. The fourth-order valence-electron chi connectivity index (χ4n) is 2.12. The van der Waals surface area contributed by atoms with Crippen molar-refractivity contribution in [2.45, 2.75) is 19.9 Å². The lowest BCUT2D eigenvalue weighted by molar-refractivity contribution is 0.728. The lowest BCUT2D eigenvalue weighted by atomic mass is 9.98. The van der Waals surface area contributed by atoms with Crippen LogP contribution >= 0.6 is 11.6 Å². The SMILES string of the molecule is Cc1nn(C)c(C)c1C(N)c1ccccc1Cl. The summed E-state index contributed by atoms with van der Waals surface area (Å²) in [6.45, 7) is 3.99. The van der Waals surface area contributed by atoms with Crippen molar-refractivity contribution in [3.8, 4) is 0 Å². The number of benzene rings is 1. The molecular formula is C13H16ClN3. The lowest BCUT2D eigenvalue weighted by Gasteiger charge is -2.14. The van der Waals surface area contributed by atoms with Crippen molar-refractivity contribution in [3.05, 3.63) is 51.8 Å². The molecule has 0 aliphatic heterocycles. The van der Waals surface area contributed by atoms with Gasteiger partial charge >= 0.3 is 0 Å². The van der Waals surface area contributed by atoms with Gasteiger partial charge in [-0.05, 0) is 25.5 Å². The van der Waals surface area contributed by atoms with Crippen LogP contribution in [0.2, 0.25) is 5.02 Å². The predicted molar refractivity (Wildman–Crippen MR) is 70.2 cm³/mol. The highest BCUT2D eigenvalue weighted by atomic mass is 35.5. The molecule has 1 atom stereocenters. The minimum atomic E-state index is -0.225. The summed E-state index contributed by atoms with van der Waals surface area (Å²) in [5.41, 5.74) is 10.3. The largest absolute Gasteiger partial charge is 0.320 e. The maximum atomic E-state index is 6.29. The number of hydrogen-bond acceptors (Lipinski definition) is 2. The van der Waals surface area contributed by atoms with Gasteiger partial charge in [-0.15, -0.1) is 0 Å². The molecule has 1 aromatic carbocycles. The number of aryl methyl sites for hydroxylation is 2. The van der Waals surface area contributed by atoms with E-state index in [0.717, 1.165) is 22.5 Å². The Morgan fingerprint density at radius 3 is 2.47 bits per heavy atom. The zero-order valence-corrected chi connectivity index (χ0v) is 11.0. The van der Waals surface area contributed by atoms with Crippen LogP contribution in [0.5, 0.6) is 0 Å². The molecule has 0 bridgehead atoms. The summed E-state index contributed by atoms with van der Waals surface area (Å²) >= 11 is 6.17. The molecule has 1 heterocycles. The second-order valence-electron chi connectivity index (χ2n) is 4.21. The summed E-state index contributed by atoms with van der Waals surface area (Å²) < 4.78 is 1.85. The number of aromatic nitrogens is 2. The quantitative estimate of drug-likeness (QED) is 0.890. The summed E-state index contributed by atoms with van der Waals surface area (Å²) in [4.78, 5) is 0. The zero-order valence-electron chi connectivity index (χ0n) is 10.2. The molecule has 1 aromatic heterocycles. The zero-order chi connectivity index (χ0) is 12.6. The third kappa shape index (κ3) is 2.08. The van der Waals surface area contributed by atoms with Crippen molar-refractivity contribution in [2.75, 3.05) is 0 Å². The summed E-state index contributed by atoms with van der Waals surface area (Å²) in [5.74, 6) is 0. The van der Waals surface area contributed by atoms with Crippen molar-refractivity contribution in [1.29, 1.82) is 0 Å². The molecule has 2 aromatic rings. The third-order valence-electron chi connectivity index (χ3n) is 3.12. The Morgan fingerprint density at radius 1 is 1.29 bits per heavy atom. The molecule has 2 N–H and O–H groups in total. The van der Waals surface area contributed by atoms with Gasteiger partial charge in [0, 0.05) is 23.3 Å². The molecule has 4 heteroatoms. The first-order valence-electron chi connectivity index (χ1n) is 5.52. The van der Waals surface area contributed by atoms with Gasteiger partial charge in [0.15, 0.2) is 0 Å². The number of halogens is 1. The molecule has 0 spiro atoms. The van der Waals surface area contributed by atoms with Gasteiger partial charge < -0.3 is 5.73 Å². The fourth-order valence-corrected chi connectivity index (χ4v) is 2.38. The molecular weight excluding hydrogens is 234 g/mol. The maximum absolute atomic E-state index is 6.29. The van der Waals surface area contributed by atoms with Gasteiger partial charge in [-0.3, -0.25) is 4.68 Å². The number of nitrogens with two attached hydrogens (primary N) is 1. The Balaban J connectivity index is 2.51. The molecule has 0 fully saturated rings. The average molecular weight is 250 g/mol. The first-order chi connectivity index (χ1) is 8.02. The third-order valence-corrected chi connectivity index (χ3v) is 3.46. The van der Waals surface area contributed by atoms with Gasteiger partial charge in [-0.2, -0.15) is 5.10 Å². The average Bonchev–Trinajstić information content (AvgIpc) is 2.53. The van der Waals surface area contributed by atoms with Crippen LogP contribution in [0, 0.1) is 13.8 Å². The fraction of sp³-hybridized carbons (Fsp3) is 0.308. The first kappa shape index (κ1) is 12.1. The van der Waals surface area contributed by atoms with Gasteiger partial charge in [0.1, 0.15) is 0 Å². The van der Waals surface area contributed by atoms with Crippen molar-refractivity contribution in [3.63, 3.8) is 0 Å². The van der Waals surface area contributed by atoms with E-state index in [1.54, 1.807) is 0 Å². The molecule has 0 amide bonds. The van der Waals surface area contributed by atoms with Crippen molar-refractivity contribution >= 4 is 11.6 Å². The normalized spacial score (nSPS) is 12.8. The molecule has 0 saturated heterocycles. The van der Waals surface area contributed by atoms with Crippen molar-refractivity contribution in [1.82, 2.24) is 9.78 Å². The van der Waals surface area contributed by atoms with Crippen molar-refractivity contribution in [2.24, 2.45) is 12.8 Å². The molecule has 0 radical (unpaired) electrons. The van der Waals surface area contributed by atoms with E-state index in [4.69, 9.17) is 17.3 Å². The van der Waals surface area contributed by atoms with E-state index in [1.165, 1.54) is 0 Å². The van der Waals surface area contributed by atoms with E-state index < -0.39 is 0 Å². The van der Waals surface area contributed by atoms with E-state index >= 15 is 0 Å². The lowest BCUT2D eigenvalue weighted by Crippen LogP contribution is -2.14. The molecule has 3 nitrogen and oxygen atoms in total. The maximum Gasteiger partial charge on any atom is 0.0647 e. The van der Waals surface area contributed by atoms with E-state index in [-0.39, 0.29) is 6.04 Å². The van der Waals surface area contributed by atoms with Crippen LogP contribution < -0.4 is 5.73 Å². The monoisotopic (exact) mass is 249 g/mol. The highest BCUT2D eigenvalue weighted by Gasteiger charge is 2.19. The molecule has 1 unspecified atom stereocenters. The summed E-state index contributed by atoms with van der Waals surface area (Å²) in [7, 11) is 1.92. The Kier molecular flexibility index (Phi) is 3.22. The summed E-state index contributed by atoms with van der Waals surface area (Å²) in [6.07, 6.45) is 0. The second-order valence-corrected chi connectivity index (χ2v) is 4.61. The van der Waals surface area contributed by atoms with Crippen LogP contribution in [0.15, 0.2) is 24.3 Å². The Labute approximate surface area is 106 Å². The second kappa shape index (κ2) is 4.51. The molecule has 0 aliphatic carbocycles. The van der Waals surface area contributed by atoms with Gasteiger partial charge in [0.25, 0.3) is 0 Å². The van der Waals surface area contributed by atoms with Crippen LogP contribution in [0.25, 0.3) is 0 Å². The number of nitrogens with zero attached hydrogens (tertiary/aromatic N) is 2. The summed E-state index contributed by atoms with van der Waals surface area (Å²) in [5, 5.41) is 5.08. The minimum absolute atomic E-state index is 0.225. The van der Waals surface area contributed by atoms with Crippen molar-refractivity contribution < 1.29 is 0 Å². The van der Waals surface area contributed by atoms with Crippen LogP contribution in [0.4, 0.5) is 0 Å². The summed E-state index contributed by atoms with van der Waals surface area (Å²) in [6, 6.07) is 7.44. The number of rotatable bonds is 2. The van der Waals surface area contributed by atoms with Crippen LogP contribution in [0.1, 0.15) is 28.6 Å². The number of hydrogen-bond donors (Lipinski definition) is 1. The van der Waals surface area contributed by atoms with E-state index in [9.17, 15) is 0 Å². The Hall–Kier alpha value is -1.32. The van der Waals surface area contributed by atoms with Crippen LogP contribution in [-0.2, 0) is 7.05 Å². The Morgan fingerprint density at radius 2 is 1.94 bits per heavy atom. The highest BCUT2D eigenvalue weighted by Crippen LogP contribution is 2.29. The minimum Gasteiger partial charge on any atom is -0.320 e. The van der Waals surface area contributed by atoms with E-state index in [1.807, 2.05) is 49.8 Å². The topological polar surface area (TPSA) is 43.8 Å². The van der Waals surface area contributed by atoms with E-state index in [2.05, 4.69) is 5.10 Å². The predicted octanol–water partition coefficient (Wildman–Crippen LogP) is 2.74. The van der Waals surface area contributed by atoms with Gasteiger partial charge in [-0.1, -0.05) is 29.8 Å². The molecule has 17 heavy (non-hydrogen) atoms. The molecule has 2 rings (SSSR count). The van der Waals surface area contributed by atoms with Gasteiger partial charge in [-0.25, -0.2) is 0 Å². The molecule has 0 saturated carbocycles. The highest BCUT2D eigenvalue weighted by molar-refractivity contribution is 6.31. The standard InChI is InChI=1S/C13H16ClN3/c1-8-12(9(2)17(3)16-8)13(15)10-6-4-5-7-11(10)14/h4-7,13H,15H2,1-3H3. The molecule has 90 valence electrons. The van der Waals surface area contributed by atoms with Gasteiger partial charge in [0.2, 0.25) is 0 Å². The van der Waals surface area contributed by atoms with E-state index in [0.29, 0.717) is 5.02 Å². The molecule has 0 aliphatic rings. The van der Waals surface area contributed by atoms with Crippen LogP contribution in [0.3, 0.4) is 0 Å².